The molecule has 2 N–H and O–H groups in total. The van der Waals surface area contributed by atoms with Crippen LogP contribution >= 0.6 is 0 Å². The molecule has 0 fully saturated rings. The number of nitrogens with one attached hydrogen (secondary N) is 2. The van der Waals surface area contributed by atoms with Crippen molar-refractivity contribution >= 4 is 12.6 Å². The zero-order valence-electron chi connectivity index (χ0n) is 16.9. The zero-order valence-corrected chi connectivity index (χ0v) is 16.9. The van der Waals surface area contributed by atoms with Gasteiger partial charge >= 0.3 is 0 Å². The van der Waals surface area contributed by atoms with Gasteiger partial charge in [-0.15, -0.1) is 0 Å². The quantitative estimate of drug-likeness (QED) is 0.550. The van der Waals surface area contributed by atoms with E-state index in [4.69, 9.17) is 0 Å². The fourth-order valence-electron chi connectivity index (χ4n) is 3.55. The average Bonchev–Trinajstić information content (AvgIpc) is 3.30. The van der Waals surface area contributed by atoms with Crippen molar-refractivity contribution in [2.24, 2.45) is 9.98 Å². The maximum absolute atomic E-state index is 4.46. The molecule has 0 spiro atoms. The summed E-state index contributed by atoms with van der Waals surface area (Å²) >= 11 is 0. The molecule has 1 atom stereocenters. The summed E-state index contributed by atoms with van der Waals surface area (Å²) in [6.07, 6.45) is 8.07. The van der Waals surface area contributed by atoms with Crippen LogP contribution in [0, 0.1) is 0 Å². The van der Waals surface area contributed by atoms with Crippen molar-refractivity contribution in [1.29, 1.82) is 0 Å². The summed E-state index contributed by atoms with van der Waals surface area (Å²) in [6, 6.07) is 18.6. The van der Waals surface area contributed by atoms with Crippen LogP contribution in [0.1, 0.15) is 28.1 Å². The molecule has 2 aromatic heterocycles. The van der Waals surface area contributed by atoms with Crippen LogP contribution in [0.3, 0.4) is 0 Å². The summed E-state index contributed by atoms with van der Waals surface area (Å²) in [5.74, 6) is 0. The fourth-order valence-corrected chi connectivity index (χ4v) is 3.55. The van der Waals surface area contributed by atoms with Crippen LogP contribution in [0.15, 0.2) is 77.0 Å². The monoisotopic (exact) mass is 398 g/mol. The Morgan fingerprint density at radius 3 is 1.83 bits per heavy atom. The average molecular weight is 399 g/mol. The molecule has 0 bridgehead atoms. The summed E-state index contributed by atoms with van der Waals surface area (Å²) in [7, 11) is 0. The molecular formula is C24H26N6. The van der Waals surface area contributed by atoms with Crippen LogP contribution in [0.25, 0.3) is 0 Å². The second kappa shape index (κ2) is 10.5. The fraction of sp³-hybridized carbons (Fsp3) is 0.250. The number of pyridine rings is 2. The van der Waals surface area contributed by atoms with Gasteiger partial charge in [0.05, 0.1) is 17.4 Å². The number of rotatable bonds is 10. The first-order chi connectivity index (χ1) is 14.9. The van der Waals surface area contributed by atoms with Gasteiger partial charge in [0.25, 0.3) is 0 Å². The number of hydrogen-bond acceptors (Lipinski definition) is 6. The first-order valence-electron chi connectivity index (χ1n) is 10.2. The Bertz CT molecular complexity index is 909. The smallest absolute Gasteiger partial charge is 0.110 e. The molecule has 6 nitrogen and oxygen atoms in total. The highest BCUT2D eigenvalue weighted by Crippen LogP contribution is 2.19. The van der Waals surface area contributed by atoms with Gasteiger partial charge in [0.15, 0.2) is 0 Å². The number of aromatic nitrogens is 2. The molecule has 152 valence electrons. The van der Waals surface area contributed by atoms with Gasteiger partial charge in [0, 0.05) is 51.2 Å². The molecule has 1 aliphatic rings. The molecule has 0 amide bonds. The Balaban J connectivity index is 1.44. The largest absolute Gasteiger partial charge is 0.307 e. The van der Waals surface area contributed by atoms with Gasteiger partial charge in [-0.25, -0.2) is 4.99 Å². The highest BCUT2D eigenvalue weighted by Gasteiger charge is 2.15. The van der Waals surface area contributed by atoms with E-state index in [1.807, 2.05) is 55.0 Å². The van der Waals surface area contributed by atoms with Crippen LogP contribution < -0.4 is 10.6 Å². The second-order valence-electron chi connectivity index (χ2n) is 7.24. The minimum Gasteiger partial charge on any atom is -0.307 e. The third-order valence-corrected chi connectivity index (χ3v) is 5.06. The Morgan fingerprint density at radius 1 is 0.700 bits per heavy atom. The van der Waals surface area contributed by atoms with E-state index in [2.05, 4.69) is 48.8 Å². The van der Waals surface area contributed by atoms with Gasteiger partial charge in [-0.2, -0.15) is 0 Å². The van der Waals surface area contributed by atoms with Crippen molar-refractivity contribution in [2.45, 2.75) is 38.6 Å². The first kappa shape index (κ1) is 20.1. The number of nitrogens with zero attached hydrogens (tertiary/aromatic N) is 4. The van der Waals surface area contributed by atoms with Crippen molar-refractivity contribution in [3.05, 3.63) is 95.1 Å². The highest BCUT2D eigenvalue weighted by atomic mass is 15.0. The molecule has 3 heterocycles. The van der Waals surface area contributed by atoms with Gasteiger partial charge < -0.3 is 10.6 Å². The molecule has 4 rings (SSSR count). The number of aliphatic imine (C=N–C) groups is 2. The van der Waals surface area contributed by atoms with Crippen LogP contribution in [0.4, 0.5) is 0 Å². The summed E-state index contributed by atoms with van der Waals surface area (Å²) in [5, 5.41) is 7.05. The molecule has 6 heteroatoms. The standard InChI is InChI=1S/C24H26N6/c1-3-10-28-21(8-1)15-25-13-19-6-5-7-20(24(19)12-23-17-27-18-30-23)14-26-16-22-9-2-4-11-29-22/h1-11,17-18,23,25-26H,12-16H2. The van der Waals surface area contributed by atoms with E-state index < -0.39 is 0 Å². The number of benzene rings is 1. The molecule has 3 aromatic rings. The van der Waals surface area contributed by atoms with Crippen LogP contribution in [0.5, 0.6) is 0 Å². The molecule has 1 aliphatic heterocycles. The first-order valence-corrected chi connectivity index (χ1v) is 10.2. The second-order valence-corrected chi connectivity index (χ2v) is 7.24. The minimum absolute atomic E-state index is 0.108. The van der Waals surface area contributed by atoms with E-state index in [0.29, 0.717) is 0 Å². The van der Waals surface area contributed by atoms with E-state index in [-0.39, 0.29) is 6.04 Å². The third kappa shape index (κ3) is 5.65. The maximum Gasteiger partial charge on any atom is 0.110 e. The molecule has 1 aromatic carbocycles. The summed E-state index contributed by atoms with van der Waals surface area (Å²) < 4.78 is 0. The lowest BCUT2D eigenvalue weighted by atomic mass is 9.95. The van der Waals surface area contributed by atoms with Gasteiger partial charge in [-0.3, -0.25) is 15.0 Å². The Morgan fingerprint density at radius 2 is 1.33 bits per heavy atom. The molecule has 1 unspecified atom stereocenters. The maximum atomic E-state index is 4.46. The van der Waals surface area contributed by atoms with Gasteiger partial charge in [0.2, 0.25) is 0 Å². The summed E-state index contributed by atoms with van der Waals surface area (Å²) in [6.45, 7) is 3.05. The van der Waals surface area contributed by atoms with Crippen molar-refractivity contribution in [3.8, 4) is 0 Å². The van der Waals surface area contributed by atoms with E-state index >= 15 is 0 Å². The SMILES string of the molecule is C1=NC=NC1Cc1c(CNCc2ccccn2)cccc1CNCc1ccccn1. The topological polar surface area (TPSA) is 74.6 Å². The number of hydrogen-bond donors (Lipinski definition) is 2. The van der Waals surface area contributed by atoms with E-state index in [1.54, 1.807) is 6.34 Å². The van der Waals surface area contributed by atoms with E-state index in [9.17, 15) is 0 Å². The Hall–Kier alpha value is -3.22. The predicted molar refractivity (Wildman–Crippen MR) is 120 cm³/mol. The van der Waals surface area contributed by atoms with Crippen LogP contribution in [0.2, 0.25) is 0 Å². The zero-order chi connectivity index (χ0) is 20.4. The third-order valence-electron chi connectivity index (χ3n) is 5.06. The van der Waals surface area contributed by atoms with Crippen molar-refractivity contribution < 1.29 is 0 Å². The lowest BCUT2D eigenvalue weighted by Gasteiger charge is -2.17. The molecular weight excluding hydrogens is 372 g/mol. The van der Waals surface area contributed by atoms with Crippen LogP contribution in [-0.2, 0) is 32.6 Å². The highest BCUT2D eigenvalue weighted by molar-refractivity contribution is 5.82. The van der Waals surface area contributed by atoms with Crippen LogP contribution in [-0.4, -0.2) is 28.6 Å². The molecule has 0 saturated heterocycles. The van der Waals surface area contributed by atoms with Crippen molar-refractivity contribution in [2.75, 3.05) is 0 Å². The predicted octanol–water partition coefficient (Wildman–Crippen LogP) is 3.08. The molecule has 0 aliphatic carbocycles. The molecule has 0 radical (unpaired) electrons. The van der Waals surface area contributed by atoms with E-state index in [0.717, 1.165) is 44.0 Å². The lowest BCUT2D eigenvalue weighted by molar-refractivity contribution is 0.655. The van der Waals surface area contributed by atoms with Gasteiger partial charge in [0.1, 0.15) is 6.34 Å². The normalized spacial score (nSPS) is 15.0. The summed E-state index contributed by atoms with van der Waals surface area (Å²) in [4.78, 5) is 17.4. The Labute approximate surface area is 177 Å². The van der Waals surface area contributed by atoms with Crippen molar-refractivity contribution in [3.63, 3.8) is 0 Å². The minimum atomic E-state index is 0.108. The van der Waals surface area contributed by atoms with Gasteiger partial charge in [-0.1, -0.05) is 30.3 Å². The molecule has 0 saturated carbocycles. The van der Waals surface area contributed by atoms with Crippen molar-refractivity contribution in [1.82, 2.24) is 20.6 Å². The van der Waals surface area contributed by atoms with Gasteiger partial charge in [-0.05, 0) is 41.0 Å². The Kier molecular flexibility index (Phi) is 7.04. The van der Waals surface area contributed by atoms with E-state index in [1.165, 1.54) is 16.7 Å². The summed E-state index contributed by atoms with van der Waals surface area (Å²) in [5.41, 5.74) is 5.99. The lowest BCUT2D eigenvalue weighted by Crippen LogP contribution is -2.20. The molecule has 30 heavy (non-hydrogen) atoms.